The van der Waals surface area contributed by atoms with Crippen molar-refractivity contribution in [2.24, 2.45) is 0 Å². The van der Waals surface area contributed by atoms with Crippen LogP contribution in [0.15, 0.2) is 73.1 Å². The van der Waals surface area contributed by atoms with Crippen LogP contribution in [0.25, 0.3) is 20.8 Å². The Hall–Kier alpha value is -4.66. The Balaban J connectivity index is 1.21. The molecule has 0 fully saturated rings. The van der Waals surface area contributed by atoms with Gasteiger partial charge in [0.15, 0.2) is 11.6 Å². The fourth-order valence-electron chi connectivity index (χ4n) is 4.44. The molecule has 5 rings (SSSR count). The van der Waals surface area contributed by atoms with Gasteiger partial charge in [0.2, 0.25) is 0 Å². The Morgan fingerprint density at radius 2 is 1.77 bits per heavy atom. The zero-order chi connectivity index (χ0) is 33.4. The molecule has 0 aliphatic carbocycles. The second-order valence-corrected chi connectivity index (χ2v) is 11.4. The number of nitrogens with zero attached hydrogens (tertiary/aromatic N) is 2. The van der Waals surface area contributed by atoms with Crippen LogP contribution in [0.2, 0.25) is 0 Å². The quantitative estimate of drug-likeness (QED) is 0.0854. The molecule has 0 unspecified atom stereocenters. The summed E-state index contributed by atoms with van der Waals surface area (Å²) in [6, 6.07) is 11.5. The van der Waals surface area contributed by atoms with Gasteiger partial charge in [-0.2, -0.15) is 13.2 Å². The molecule has 0 spiro atoms. The van der Waals surface area contributed by atoms with E-state index in [0.717, 1.165) is 54.8 Å². The van der Waals surface area contributed by atoms with E-state index in [-0.39, 0.29) is 11.4 Å². The van der Waals surface area contributed by atoms with Gasteiger partial charge in [-0.1, -0.05) is 13.0 Å². The first kappa shape index (κ1) is 33.7. The highest BCUT2D eigenvalue weighted by Gasteiger charge is 2.31. The van der Waals surface area contributed by atoms with Crippen molar-refractivity contribution < 1.29 is 36.2 Å². The summed E-state index contributed by atoms with van der Waals surface area (Å²) < 4.78 is 79.9. The van der Waals surface area contributed by atoms with Gasteiger partial charge in [0.25, 0.3) is 0 Å². The van der Waals surface area contributed by atoms with Crippen LogP contribution in [0.3, 0.4) is 0 Å². The third-order valence-corrected chi connectivity index (χ3v) is 7.89. The van der Waals surface area contributed by atoms with Gasteiger partial charge < -0.3 is 25.4 Å². The molecule has 0 saturated heterocycles. The summed E-state index contributed by atoms with van der Waals surface area (Å²) >= 11 is 1.39. The molecule has 14 heteroatoms. The summed E-state index contributed by atoms with van der Waals surface area (Å²) in [7, 11) is 0. The monoisotopic (exact) mass is 671 g/mol. The fourth-order valence-corrected chi connectivity index (χ4v) is 5.48. The number of carbonyl (C=O) groups is 1. The zero-order valence-electron chi connectivity index (χ0n) is 25.1. The van der Waals surface area contributed by atoms with Crippen molar-refractivity contribution in [3.05, 3.63) is 95.8 Å². The standard InChI is InChI=1S/C33H30F5N5O3S/c1-2-13-45-14-3-11-39-18-20-4-8-25(41-19-20)30-17-27-31(47-30)29(10-12-40-27)46-28-9-6-22(16-24(28)35)42-32(44)43-26-15-21(33(36,37)38)5-7-23(26)34/h4-10,12,15-17,19,39H,2-3,11,13-14,18H2,1H3,(H2,42,43,44). The second-order valence-electron chi connectivity index (χ2n) is 10.3. The van der Waals surface area contributed by atoms with E-state index in [1.807, 2.05) is 29.7 Å². The molecular formula is C33H30F5N5O3S. The van der Waals surface area contributed by atoms with Gasteiger partial charge in [-0.3, -0.25) is 9.97 Å². The molecular weight excluding hydrogens is 641 g/mol. The molecule has 3 heterocycles. The minimum Gasteiger partial charge on any atom is -0.453 e. The van der Waals surface area contributed by atoms with E-state index in [4.69, 9.17) is 9.47 Å². The van der Waals surface area contributed by atoms with Crippen LogP contribution in [-0.4, -0.2) is 35.8 Å². The summed E-state index contributed by atoms with van der Waals surface area (Å²) in [6.07, 6.45) is 0.562. The largest absolute Gasteiger partial charge is 0.453 e. The lowest BCUT2D eigenvalue weighted by atomic mass is 10.2. The van der Waals surface area contributed by atoms with Crippen LogP contribution < -0.4 is 20.7 Å². The number of ether oxygens (including phenoxy) is 2. The minimum atomic E-state index is -4.73. The Bertz CT molecular complexity index is 1830. The Morgan fingerprint density at radius 1 is 0.915 bits per heavy atom. The molecule has 246 valence electrons. The number of rotatable bonds is 13. The van der Waals surface area contributed by atoms with Gasteiger partial charge in [-0.15, -0.1) is 11.3 Å². The lowest BCUT2D eigenvalue weighted by molar-refractivity contribution is -0.137. The van der Waals surface area contributed by atoms with Crippen LogP contribution in [0.5, 0.6) is 11.5 Å². The highest BCUT2D eigenvalue weighted by Crippen LogP contribution is 2.39. The van der Waals surface area contributed by atoms with Gasteiger partial charge in [0.05, 0.1) is 32.0 Å². The van der Waals surface area contributed by atoms with E-state index in [1.54, 1.807) is 6.07 Å². The summed E-state index contributed by atoms with van der Waals surface area (Å²) in [4.78, 5) is 22.2. The Morgan fingerprint density at radius 3 is 2.51 bits per heavy atom. The molecule has 8 nitrogen and oxygen atoms in total. The molecule has 2 amide bonds. The van der Waals surface area contributed by atoms with Gasteiger partial charge in [0, 0.05) is 50.0 Å². The van der Waals surface area contributed by atoms with Crippen molar-refractivity contribution in [1.29, 1.82) is 0 Å². The number of carbonyl (C=O) groups excluding carboxylic acids is 1. The van der Waals surface area contributed by atoms with Crippen LogP contribution in [0, 0.1) is 11.6 Å². The highest BCUT2D eigenvalue weighted by atomic mass is 32.1. The van der Waals surface area contributed by atoms with Crippen molar-refractivity contribution in [2.45, 2.75) is 32.5 Å². The maximum absolute atomic E-state index is 15.0. The van der Waals surface area contributed by atoms with Crippen molar-refractivity contribution in [3.8, 4) is 22.1 Å². The molecule has 0 radical (unpaired) electrons. The average Bonchev–Trinajstić information content (AvgIpc) is 3.48. The highest BCUT2D eigenvalue weighted by molar-refractivity contribution is 7.22. The van der Waals surface area contributed by atoms with Crippen LogP contribution in [0.4, 0.5) is 38.1 Å². The van der Waals surface area contributed by atoms with Crippen LogP contribution in [0.1, 0.15) is 30.9 Å². The number of anilines is 2. The maximum Gasteiger partial charge on any atom is 0.416 e. The molecule has 0 aliphatic heterocycles. The molecule has 5 aromatic rings. The molecule has 2 aromatic carbocycles. The predicted molar refractivity (Wildman–Crippen MR) is 171 cm³/mol. The smallest absolute Gasteiger partial charge is 0.416 e. The van der Waals surface area contributed by atoms with Crippen molar-refractivity contribution in [1.82, 2.24) is 15.3 Å². The number of hydrogen-bond donors (Lipinski definition) is 3. The number of urea groups is 1. The van der Waals surface area contributed by atoms with Crippen LogP contribution in [-0.2, 0) is 17.5 Å². The first-order chi connectivity index (χ1) is 22.6. The molecule has 3 aromatic heterocycles. The first-order valence-corrected chi connectivity index (χ1v) is 15.5. The van der Waals surface area contributed by atoms with Gasteiger partial charge in [-0.05, 0) is 67.4 Å². The number of thiophene rings is 1. The Labute approximate surface area is 271 Å². The fraction of sp³-hybridized carbons (Fsp3) is 0.242. The number of alkyl halides is 3. The Kier molecular flexibility index (Phi) is 11.0. The second kappa shape index (κ2) is 15.3. The summed E-state index contributed by atoms with van der Waals surface area (Å²) in [6.45, 7) is 5.12. The summed E-state index contributed by atoms with van der Waals surface area (Å²) in [5.41, 5.74) is 0.571. The number of hydrogen-bond acceptors (Lipinski definition) is 7. The maximum atomic E-state index is 15.0. The van der Waals surface area contributed by atoms with Gasteiger partial charge in [0.1, 0.15) is 11.6 Å². The van der Waals surface area contributed by atoms with Gasteiger partial charge >= 0.3 is 12.2 Å². The lowest BCUT2D eigenvalue weighted by Crippen LogP contribution is -2.20. The normalized spacial score (nSPS) is 11.5. The number of amides is 2. The van der Waals surface area contributed by atoms with E-state index < -0.39 is 35.1 Å². The first-order valence-electron chi connectivity index (χ1n) is 14.6. The predicted octanol–water partition coefficient (Wildman–Crippen LogP) is 9.00. The van der Waals surface area contributed by atoms with Crippen molar-refractivity contribution >= 4 is 39.0 Å². The molecule has 0 aliphatic rings. The van der Waals surface area contributed by atoms with E-state index >= 15 is 4.39 Å². The minimum absolute atomic E-state index is 0.0382. The van der Waals surface area contributed by atoms with Gasteiger partial charge in [-0.25, -0.2) is 13.6 Å². The molecule has 0 bridgehead atoms. The topological polar surface area (TPSA) is 97.4 Å². The molecule has 0 saturated carbocycles. The summed E-state index contributed by atoms with van der Waals surface area (Å²) in [5, 5.41) is 7.65. The summed E-state index contributed by atoms with van der Waals surface area (Å²) in [5.74, 6) is -1.68. The number of pyridine rings is 2. The third-order valence-electron chi connectivity index (χ3n) is 6.72. The van der Waals surface area contributed by atoms with E-state index in [9.17, 15) is 22.4 Å². The lowest BCUT2D eigenvalue weighted by Gasteiger charge is -2.12. The van der Waals surface area contributed by atoms with E-state index in [0.29, 0.717) is 40.7 Å². The SMILES string of the molecule is CCCOCCCNCc1ccc(-c2cc3nccc(Oc4ccc(NC(=O)Nc5cc(C(F)(F)F)ccc5F)cc4F)c3s2)nc1. The van der Waals surface area contributed by atoms with Crippen molar-refractivity contribution in [3.63, 3.8) is 0 Å². The molecule has 0 atom stereocenters. The van der Waals surface area contributed by atoms with Crippen molar-refractivity contribution in [2.75, 3.05) is 30.4 Å². The zero-order valence-corrected chi connectivity index (χ0v) is 25.9. The number of halogens is 5. The number of aromatic nitrogens is 2. The van der Waals surface area contributed by atoms with E-state index in [2.05, 4.69) is 27.5 Å². The number of benzene rings is 2. The van der Waals surface area contributed by atoms with Crippen LogP contribution >= 0.6 is 11.3 Å². The molecule has 3 N–H and O–H groups in total. The molecule has 47 heavy (non-hydrogen) atoms. The number of nitrogens with one attached hydrogen (secondary N) is 3. The van der Waals surface area contributed by atoms with E-state index in [1.165, 1.54) is 29.7 Å². The average molecular weight is 672 g/mol. The third kappa shape index (κ3) is 8.99. The number of fused-ring (bicyclic) bond motifs is 1.